The summed E-state index contributed by atoms with van der Waals surface area (Å²) >= 11 is 0. The molecule has 2 amide bonds. The van der Waals surface area contributed by atoms with Crippen LogP contribution < -0.4 is 10.9 Å². The first kappa shape index (κ1) is 15.8. The van der Waals surface area contributed by atoms with Crippen molar-refractivity contribution in [1.82, 2.24) is 10.9 Å². The second-order valence-electron chi connectivity index (χ2n) is 4.80. The van der Waals surface area contributed by atoms with Crippen LogP contribution in [0.1, 0.15) is 28.8 Å². The van der Waals surface area contributed by atoms with Gasteiger partial charge in [0.05, 0.1) is 16.1 Å². The summed E-state index contributed by atoms with van der Waals surface area (Å²) in [4.78, 5) is 33.5. The van der Waals surface area contributed by atoms with E-state index in [-0.39, 0.29) is 11.1 Å². The molecule has 8 nitrogen and oxygen atoms in total. The quantitative estimate of drug-likeness (QED) is 0.638. The number of nitro benzene ring substituents is 1. The molecule has 1 saturated heterocycles. The Kier molecular flexibility index (Phi) is 4.66. The third-order valence-corrected chi connectivity index (χ3v) is 3.30. The molecular weight excluding hydrogens is 297 g/mol. The molecular formula is C13H14FN3O5. The molecule has 0 radical (unpaired) electrons. The zero-order valence-electron chi connectivity index (χ0n) is 11.7. The number of carbonyl (C=O) groups is 2. The molecule has 22 heavy (non-hydrogen) atoms. The zero-order valence-corrected chi connectivity index (χ0v) is 11.7. The van der Waals surface area contributed by atoms with Crippen LogP contribution in [0.5, 0.6) is 0 Å². The number of amides is 2. The number of rotatable bonds is 3. The van der Waals surface area contributed by atoms with Crippen molar-refractivity contribution in [3.8, 4) is 0 Å². The van der Waals surface area contributed by atoms with Gasteiger partial charge in [-0.2, -0.15) is 0 Å². The number of halogens is 1. The Bertz CT molecular complexity index is 628. The predicted octanol–water partition coefficient (Wildman–Crippen LogP) is 0.982. The fourth-order valence-electron chi connectivity index (χ4n) is 2.04. The van der Waals surface area contributed by atoms with Gasteiger partial charge in [-0.25, -0.2) is 4.39 Å². The molecule has 1 aromatic carbocycles. The predicted molar refractivity (Wildman–Crippen MR) is 72.4 cm³/mol. The summed E-state index contributed by atoms with van der Waals surface area (Å²) in [6.45, 7) is 1.72. The summed E-state index contributed by atoms with van der Waals surface area (Å²) in [5, 5.41) is 10.8. The van der Waals surface area contributed by atoms with Crippen molar-refractivity contribution in [2.45, 2.75) is 25.9 Å². The van der Waals surface area contributed by atoms with Crippen molar-refractivity contribution in [1.29, 1.82) is 0 Å². The molecule has 1 fully saturated rings. The van der Waals surface area contributed by atoms with E-state index in [2.05, 4.69) is 10.9 Å². The molecule has 1 aliphatic heterocycles. The minimum Gasteiger partial charge on any atom is -0.368 e. The number of hydrazine groups is 1. The lowest BCUT2D eigenvalue weighted by Gasteiger charge is -2.11. The van der Waals surface area contributed by atoms with Crippen molar-refractivity contribution in [2.24, 2.45) is 0 Å². The van der Waals surface area contributed by atoms with Crippen LogP contribution in [0.15, 0.2) is 12.1 Å². The normalized spacial score (nSPS) is 17.1. The first-order valence-electron chi connectivity index (χ1n) is 6.56. The van der Waals surface area contributed by atoms with Gasteiger partial charge >= 0.3 is 0 Å². The first-order valence-corrected chi connectivity index (χ1v) is 6.56. The SMILES string of the molecule is Cc1c(F)cc(C(=O)NNC(=O)C2CCCO2)cc1[N+](=O)[O-]. The summed E-state index contributed by atoms with van der Waals surface area (Å²) in [6.07, 6.45) is 0.665. The molecule has 0 aromatic heterocycles. The summed E-state index contributed by atoms with van der Waals surface area (Å²) in [5.74, 6) is -2.24. The molecule has 1 atom stereocenters. The van der Waals surface area contributed by atoms with Gasteiger partial charge in [-0.05, 0) is 25.8 Å². The van der Waals surface area contributed by atoms with Crippen molar-refractivity contribution < 1.29 is 23.6 Å². The van der Waals surface area contributed by atoms with E-state index in [4.69, 9.17) is 4.74 Å². The minimum atomic E-state index is -0.871. The lowest BCUT2D eigenvalue weighted by molar-refractivity contribution is -0.385. The molecule has 1 heterocycles. The van der Waals surface area contributed by atoms with E-state index in [0.29, 0.717) is 13.0 Å². The molecule has 2 N–H and O–H groups in total. The number of benzene rings is 1. The molecule has 118 valence electrons. The highest BCUT2D eigenvalue weighted by atomic mass is 19.1. The highest BCUT2D eigenvalue weighted by Gasteiger charge is 2.24. The monoisotopic (exact) mass is 311 g/mol. The molecule has 0 spiro atoms. The number of ether oxygens (including phenoxy) is 1. The largest absolute Gasteiger partial charge is 0.368 e. The molecule has 1 aliphatic rings. The Morgan fingerprint density at radius 3 is 2.73 bits per heavy atom. The van der Waals surface area contributed by atoms with Gasteiger partial charge in [0, 0.05) is 12.7 Å². The molecule has 0 saturated carbocycles. The van der Waals surface area contributed by atoms with Gasteiger partial charge in [0.25, 0.3) is 17.5 Å². The Hall–Kier alpha value is -2.55. The third kappa shape index (κ3) is 3.37. The van der Waals surface area contributed by atoms with Crippen LogP contribution in [-0.4, -0.2) is 29.4 Å². The number of carbonyl (C=O) groups excluding carboxylic acids is 2. The third-order valence-electron chi connectivity index (χ3n) is 3.30. The maximum absolute atomic E-state index is 13.6. The maximum Gasteiger partial charge on any atom is 0.276 e. The van der Waals surface area contributed by atoms with Crippen LogP contribution in [-0.2, 0) is 9.53 Å². The Balaban J connectivity index is 2.06. The van der Waals surface area contributed by atoms with Gasteiger partial charge < -0.3 is 4.74 Å². The number of nitrogens with one attached hydrogen (secondary N) is 2. The van der Waals surface area contributed by atoms with Gasteiger partial charge in [0.15, 0.2) is 0 Å². The van der Waals surface area contributed by atoms with Gasteiger partial charge in [0.2, 0.25) is 0 Å². The van der Waals surface area contributed by atoms with Gasteiger partial charge in [-0.15, -0.1) is 0 Å². The summed E-state index contributed by atoms with van der Waals surface area (Å²) in [7, 11) is 0. The summed E-state index contributed by atoms with van der Waals surface area (Å²) in [5.41, 5.74) is 3.30. The van der Waals surface area contributed by atoms with Gasteiger partial charge in [-0.3, -0.25) is 30.6 Å². The lowest BCUT2D eigenvalue weighted by atomic mass is 10.1. The first-order chi connectivity index (χ1) is 10.4. The number of nitro groups is 1. The van der Waals surface area contributed by atoms with E-state index >= 15 is 0 Å². The highest BCUT2D eigenvalue weighted by Crippen LogP contribution is 2.22. The van der Waals surface area contributed by atoms with Crippen LogP contribution in [0, 0.1) is 22.9 Å². The maximum atomic E-state index is 13.6. The number of nitrogens with zero attached hydrogens (tertiary/aromatic N) is 1. The average molecular weight is 311 g/mol. The van der Waals surface area contributed by atoms with Crippen molar-refractivity contribution >= 4 is 17.5 Å². The molecule has 1 unspecified atom stereocenters. The van der Waals surface area contributed by atoms with Gasteiger partial charge in [0.1, 0.15) is 11.9 Å². The minimum absolute atomic E-state index is 0.162. The fourth-order valence-corrected chi connectivity index (χ4v) is 2.04. The highest BCUT2D eigenvalue weighted by molar-refractivity contribution is 5.96. The van der Waals surface area contributed by atoms with E-state index in [1.807, 2.05) is 0 Å². The fraction of sp³-hybridized carbons (Fsp3) is 0.385. The van der Waals surface area contributed by atoms with E-state index in [0.717, 1.165) is 18.6 Å². The molecule has 1 aromatic rings. The van der Waals surface area contributed by atoms with E-state index in [9.17, 15) is 24.1 Å². The molecule has 0 bridgehead atoms. The smallest absolute Gasteiger partial charge is 0.276 e. The second-order valence-corrected chi connectivity index (χ2v) is 4.80. The summed E-state index contributed by atoms with van der Waals surface area (Å²) < 4.78 is 18.7. The second kappa shape index (κ2) is 6.48. The van der Waals surface area contributed by atoms with Crippen LogP contribution in [0.25, 0.3) is 0 Å². The topological polar surface area (TPSA) is 111 Å². The number of hydrogen-bond acceptors (Lipinski definition) is 5. The van der Waals surface area contributed by atoms with Crippen LogP contribution in [0.3, 0.4) is 0 Å². The lowest BCUT2D eigenvalue weighted by Crippen LogP contribution is -2.46. The van der Waals surface area contributed by atoms with Crippen LogP contribution in [0.4, 0.5) is 10.1 Å². The zero-order chi connectivity index (χ0) is 16.3. The van der Waals surface area contributed by atoms with Gasteiger partial charge in [-0.1, -0.05) is 0 Å². The summed E-state index contributed by atoms with van der Waals surface area (Å²) in [6, 6.07) is 1.82. The molecule has 9 heteroatoms. The number of hydrogen-bond donors (Lipinski definition) is 2. The van der Waals surface area contributed by atoms with Crippen molar-refractivity contribution in [3.05, 3.63) is 39.2 Å². The van der Waals surface area contributed by atoms with E-state index < -0.39 is 34.3 Å². The average Bonchev–Trinajstić information content (AvgIpc) is 3.01. The van der Waals surface area contributed by atoms with E-state index in [1.54, 1.807) is 0 Å². The Morgan fingerprint density at radius 2 is 2.14 bits per heavy atom. The van der Waals surface area contributed by atoms with E-state index in [1.165, 1.54) is 6.92 Å². The molecule has 0 aliphatic carbocycles. The standard InChI is InChI=1S/C13H14FN3O5/c1-7-9(14)5-8(6-10(7)17(20)21)12(18)15-16-13(19)11-3-2-4-22-11/h5-6,11H,2-4H2,1H3,(H,15,18)(H,16,19). The van der Waals surface area contributed by atoms with Crippen LogP contribution >= 0.6 is 0 Å². The van der Waals surface area contributed by atoms with Crippen molar-refractivity contribution in [3.63, 3.8) is 0 Å². The Labute approximate surface area is 124 Å². The Morgan fingerprint density at radius 1 is 1.41 bits per heavy atom. The van der Waals surface area contributed by atoms with Crippen LogP contribution in [0.2, 0.25) is 0 Å². The molecule has 2 rings (SSSR count). The van der Waals surface area contributed by atoms with Crippen molar-refractivity contribution in [2.75, 3.05) is 6.61 Å².